The van der Waals surface area contributed by atoms with Crippen LogP contribution in [0.3, 0.4) is 0 Å². The van der Waals surface area contributed by atoms with E-state index >= 15 is 0 Å². The molecule has 3 heterocycles. The first-order valence-corrected chi connectivity index (χ1v) is 18.5. The van der Waals surface area contributed by atoms with Gasteiger partial charge in [-0.15, -0.1) is 11.3 Å². The van der Waals surface area contributed by atoms with Gasteiger partial charge in [0.2, 0.25) is 0 Å². The molecular formula is C48H32N2S. The van der Waals surface area contributed by atoms with Crippen LogP contribution in [-0.2, 0) is 0 Å². The Balaban J connectivity index is 1.04. The highest BCUT2D eigenvalue weighted by molar-refractivity contribution is 7.19. The van der Waals surface area contributed by atoms with Gasteiger partial charge in [0.15, 0.2) is 0 Å². The van der Waals surface area contributed by atoms with Gasteiger partial charge in [-0.2, -0.15) is 0 Å². The van der Waals surface area contributed by atoms with Crippen molar-refractivity contribution in [3.63, 3.8) is 0 Å². The predicted molar refractivity (Wildman–Crippen MR) is 218 cm³/mol. The van der Waals surface area contributed by atoms with E-state index in [1.165, 1.54) is 92.2 Å². The molecule has 0 amide bonds. The number of hydrogen-bond acceptors (Lipinski definition) is 1. The maximum atomic E-state index is 2.43. The van der Waals surface area contributed by atoms with Gasteiger partial charge in [-0.05, 0) is 88.7 Å². The van der Waals surface area contributed by atoms with Crippen LogP contribution in [0, 0.1) is 0 Å². The van der Waals surface area contributed by atoms with Crippen molar-refractivity contribution in [3.05, 3.63) is 186 Å². The average molecular weight is 669 g/mol. The second-order valence-electron chi connectivity index (χ2n) is 13.7. The van der Waals surface area contributed by atoms with Crippen LogP contribution in [0.15, 0.2) is 170 Å². The maximum absolute atomic E-state index is 2.43. The van der Waals surface area contributed by atoms with E-state index in [0.717, 1.165) is 6.42 Å². The van der Waals surface area contributed by atoms with Crippen LogP contribution in [-0.4, -0.2) is 9.13 Å². The maximum Gasteiger partial charge on any atom is 0.0542 e. The Labute approximate surface area is 299 Å². The molecule has 0 saturated carbocycles. The average Bonchev–Trinajstić information content (AvgIpc) is 3.86. The minimum Gasteiger partial charge on any atom is -0.309 e. The molecule has 51 heavy (non-hydrogen) atoms. The van der Waals surface area contributed by atoms with Gasteiger partial charge in [0.1, 0.15) is 0 Å². The molecule has 1 aliphatic carbocycles. The minimum atomic E-state index is 0.367. The van der Waals surface area contributed by atoms with Crippen molar-refractivity contribution in [2.24, 2.45) is 0 Å². The molecule has 10 aromatic rings. The summed E-state index contributed by atoms with van der Waals surface area (Å²) in [5, 5.41) is 6.44. The SMILES string of the molecule is C1=Cc2c(sc3ccccc23)C(c2cccc(-c3cccc(-n4c5ccccc5c5cc(-n6c7ccccc7c7ccccc76)ccc54)c3)c2)C1. The first-order chi connectivity index (χ1) is 25.3. The van der Waals surface area contributed by atoms with E-state index < -0.39 is 0 Å². The smallest absolute Gasteiger partial charge is 0.0542 e. The van der Waals surface area contributed by atoms with Crippen molar-refractivity contribution in [3.8, 4) is 22.5 Å². The molecule has 11 rings (SSSR count). The zero-order valence-electron chi connectivity index (χ0n) is 27.8. The van der Waals surface area contributed by atoms with Gasteiger partial charge >= 0.3 is 0 Å². The fourth-order valence-corrected chi connectivity index (χ4v) is 9.90. The van der Waals surface area contributed by atoms with Crippen LogP contribution in [0.4, 0.5) is 0 Å². The molecule has 0 spiro atoms. The number of thiophene rings is 1. The summed E-state index contributed by atoms with van der Waals surface area (Å²) < 4.78 is 6.22. The zero-order chi connectivity index (χ0) is 33.5. The largest absolute Gasteiger partial charge is 0.309 e. The first kappa shape index (κ1) is 28.7. The van der Waals surface area contributed by atoms with Gasteiger partial charge in [0, 0.05) is 48.4 Å². The van der Waals surface area contributed by atoms with E-state index in [1.54, 1.807) is 0 Å². The Morgan fingerprint density at radius 2 is 1.02 bits per heavy atom. The van der Waals surface area contributed by atoms with Crippen LogP contribution < -0.4 is 0 Å². The van der Waals surface area contributed by atoms with Crippen LogP contribution in [0.1, 0.15) is 28.3 Å². The van der Waals surface area contributed by atoms with Crippen LogP contribution in [0.2, 0.25) is 0 Å². The van der Waals surface area contributed by atoms with E-state index in [-0.39, 0.29) is 0 Å². The van der Waals surface area contributed by atoms with Gasteiger partial charge in [-0.1, -0.05) is 121 Å². The Bertz CT molecular complexity index is 2970. The molecule has 2 nitrogen and oxygen atoms in total. The highest BCUT2D eigenvalue weighted by atomic mass is 32.1. The summed E-state index contributed by atoms with van der Waals surface area (Å²) in [6, 6.07) is 60.4. The lowest BCUT2D eigenvalue weighted by Gasteiger charge is -2.20. The Morgan fingerprint density at radius 3 is 1.75 bits per heavy atom. The number of nitrogens with zero attached hydrogens (tertiary/aromatic N) is 2. The number of rotatable bonds is 4. The monoisotopic (exact) mass is 668 g/mol. The lowest BCUT2D eigenvalue weighted by atomic mass is 9.86. The van der Waals surface area contributed by atoms with Crippen molar-refractivity contribution in [1.29, 1.82) is 0 Å². The summed E-state index contributed by atoms with van der Waals surface area (Å²) in [5.41, 5.74) is 12.5. The van der Waals surface area contributed by atoms with Gasteiger partial charge in [-0.25, -0.2) is 0 Å². The van der Waals surface area contributed by atoms with Gasteiger partial charge in [-0.3, -0.25) is 0 Å². The quantitative estimate of drug-likeness (QED) is 0.177. The van der Waals surface area contributed by atoms with Gasteiger partial charge < -0.3 is 9.13 Å². The third-order valence-corrected chi connectivity index (χ3v) is 12.2. The van der Waals surface area contributed by atoms with Crippen molar-refractivity contribution in [2.45, 2.75) is 12.3 Å². The number of benzene rings is 7. The number of fused-ring (bicyclic) bond motifs is 9. The van der Waals surface area contributed by atoms with Crippen molar-refractivity contribution in [2.75, 3.05) is 0 Å². The second kappa shape index (κ2) is 11.2. The summed E-state index contributed by atoms with van der Waals surface area (Å²) >= 11 is 1.95. The fourth-order valence-electron chi connectivity index (χ4n) is 8.57. The molecular weight excluding hydrogens is 637 g/mol. The normalized spacial score (nSPS) is 14.3. The van der Waals surface area contributed by atoms with Gasteiger partial charge in [0.25, 0.3) is 0 Å². The molecule has 3 heteroatoms. The molecule has 1 aliphatic rings. The van der Waals surface area contributed by atoms with E-state index in [1.807, 2.05) is 11.3 Å². The summed E-state index contributed by atoms with van der Waals surface area (Å²) in [5.74, 6) is 0.367. The third-order valence-electron chi connectivity index (χ3n) is 10.9. The van der Waals surface area contributed by atoms with Crippen LogP contribution in [0.25, 0.3) is 82.3 Å². The molecule has 3 aromatic heterocycles. The highest BCUT2D eigenvalue weighted by Gasteiger charge is 2.24. The molecule has 0 aliphatic heterocycles. The molecule has 0 N–H and O–H groups in total. The molecule has 240 valence electrons. The predicted octanol–water partition coefficient (Wildman–Crippen LogP) is 13.3. The van der Waals surface area contributed by atoms with Crippen molar-refractivity contribution < 1.29 is 0 Å². The molecule has 0 bridgehead atoms. The van der Waals surface area contributed by atoms with E-state index in [9.17, 15) is 0 Å². The van der Waals surface area contributed by atoms with E-state index in [2.05, 4.69) is 185 Å². The summed E-state index contributed by atoms with van der Waals surface area (Å²) in [6.45, 7) is 0. The third kappa shape index (κ3) is 4.35. The highest BCUT2D eigenvalue weighted by Crippen LogP contribution is 2.45. The summed E-state index contributed by atoms with van der Waals surface area (Å²) in [6.07, 6.45) is 5.71. The number of aromatic nitrogens is 2. The minimum absolute atomic E-state index is 0.367. The number of allylic oxidation sites excluding steroid dienone is 1. The molecule has 1 atom stereocenters. The zero-order valence-corrected chi connectivity index (χ0v) is 28.6. The molecule has 1 unspecified atom stereocenters. The van der Waals surface area contributed by atoms with Crippen LogP contribution >= 0.6 is 11.3 Å². The topological polar surface area (TPSA) is 9.86 Å². The molecule has 0 radical (unpaired) electrons. The van der Waals surface area contributed by atoms with E-state index in [4.69, 9.17) is 0 Å². The summed E-state index contributed by atoms with van der Waals surface area (Å²) in [7, 11) is 0. The Kier molecular flexibility index (Phi) is 6.28. The number of para-hydroxylation sites is 3. The molecule has 0 fully saturated rings. The Hall–Kier alpha value is -6.16. The summed E-state index contributed by atoms with van der Waals surface area (Å²) in [4.78, 5) is 1.48. The van der Waals surface area contributed by atoms with Crippen molar-refractivity contribution >= 4 is 71.1 Å². The van der Waals surface area contributed by atoms with Crippen molar-refractivity contribution in [1.82, 2.24) is 9.13 Å². The number of hydrogen-bond donors (Lipinski definition) is 0. The molecule has 7 aromatic carbocycles. The van der Waals surface area contributed by atoms with E-state index in [0.29, 0.717) is 5.92 Å². The standard InChI is InChI=1S/C48H32N2S/c1-5-22-43-37(16-1)38-17-2-6-23-44(38)50(43)35-26-27-46-42(30-35)39-18-3-7-24-45(39)49(46)34-15-10-13-32(29-34)31-12-9-14-33(28-31)36-20-11-21-41-40-19-4-8-25-47(40)51-48(36)41/h1-19,21-30,36H,20H2. The second-order valence-corrected chi connectivity index (χ2v) is 14.8. The molecule has 0 saturated heterocycles. The fraction of sp³-hybridized carbons (Fsp3) is 0.0417. The lowest BCUT2D eigenvalue weighted by molar-refractivity contribution is 0.840. The van der Waals surface area contributed by atoms with Crippen LogP contribution in [0.5, 0.6) is 0 Å². The lowest BCUT2D eigenvalue weighted by Crippen LogP contribution is -2.03. The first-order valence-electron chi connectivity index (χ1n) is 17.7. The van der Waals surface area contributed by atoms with Gasteiger partial charge in [0.05, 0.1) is 22.1 Å². The Morgan fingerprint density at radius 1 is 0.451 bits per heavy atom.